The molecule has 2 aromatic carbocycles. The summed E-state index contributed by atoms with van der Waals surface area (Å²) in [4.78, 5) is 39.5. The highest BCUT2D eigenvalue weighted by atomic mass is 16.5. The molecule has 1 aliphatic rings. The number of para-hydroxylation sites is 1. The Labute approximate surface area is 162 Å². The number of amides is 2. The molecule has 0 unspecified atom stereocenters. The second kappa shape index (κ2) is 8.82. The van der Waals surface area contributed by atoms with Gasteiger partial charge in [0.05, 0.1) is 11.6 Å². The van der Waals surface area contributed by atoms with Crippen molar-refractivity contribution in [2.45, 2.75) is 12.8 Å². The molecule has 3 rings (SSSR count). The third-order valence-corrected chi connectivity index (χ3v) is 4.39. The predicted octanol–water partition coefficient (Wildman–Crippen LogP) is 2.53. The van der Waals surface area contributed by atoms with Crippen LogP contribution in [0.2, 0.25) is 0 Å². The molecule has 28 heavy (non-hydrogen) atoms. The molecule has 0 spiro atoms. The molecule has 7 nitrogen and oxygen atoms in total. The van der Waals surface area contributed by atoms with Crippen molar-refractivity contribution in [1.29, 1.82) is 5.26 Å². The fraction of sp³-hybridized carbons (Fsp3) is 0.238. The molecule has 0 saturated carbocycles. The molecule has 2 aromatic rings. The van der Waals surface area contributed by atoms with Crippen molar-refractivity contribution >= 4 is 29.2 Å². The van der Waals surface area contributed by atoms with Crippen LogP contribution in [0.3, 0.4) is 0 Å². The fourth-order valence-corrected chi connectivity index (χ4v) is 3.01. The van der Waals surface area contributed by atoms with Gasteiger partial charge in [0.1, 0.15) is 6.54 Å². The molecule has 0 aliphatic carbocycles. The summed E-state index contributed by atoms with van der Waals surface area (Å²) in [5.41, 5.74) is 1.45. The lowest BCUT2D eigenvalue weighted by atomic mass is 10.2. The largest absolute Gasteiger partial charge is 0.452 e. The monoisotopic (exact) mass is 377 g/mol. The Morgan fingerprint density at radius 1 is 1.14 bits per heavy atom. The van der Waals surface area contributed by atoms with Gasteiger partial charge in [-0.2, -0.15) is 5.26 Å². The topological polar surface area (TPSA) is 90.7 Å². The summed E-state index contributed by atoms with van der Waals surface area (Å²) in [6.07, 6.45) is 1.29. The van der Waals surface area contributed by atoms with Crippen LogP contribution in [-0.2, 0) is 14.3 Å². The lowest BCUT2D eigenvalue weighted by molar-refractivity contribution is -0.121. The van der Waals surface area contributed by atoms with Gasteiger partial charge >= 0.3 is 5.97 Å². The van der Waals surface area contributed by atoms with Crippen LogP contribution < -0.4 is 9.80 Å². The fourth-order valence-electron chi connectivity index (χ4n) is 3.01. The summed E-state index contributed by atoms with van der Waals surface area (Å²) in [6.45, 7) is -0.00868. The van der Waals surface area contributed by atoms with E-state index < -0.39 is 18.5 Å². The van der Waals surface area contributed by atoms with E-state index in [0.29, 0.717) is 24.3 Å². The minimum absolute atomic E-state index is 0.0238. The van der Waals surface area contributed by atoms with Crippen molar-refractivity contribution in [1.82, 2.24) is 0 Å². The lowest BCUT2D eigenvalue weighted by Crippen LogP contribution is -2.35. The normalized spacial score (nSPS) is 13.1. The quantitative estimate of drug-likeness (QED) is 0.570. The summed E-state index contributed by atoms with van der Waals surface area (Å²) >= 11 is 0. The van der Waals surface area contributed by atoms with Gasteiger partial charge in [0, 0.05) is 24.3 Å². The molecule has 1 saturated heterocycles. The minimum atomic E-state index is -0.660. The Morgan fingerprint density at radius 2 is 1.93 bits per heavy atom. The van der Waals surface area contributed by atoms with Gasteiger partial charge in [0.15, 0.2) is 6.61 Å². The van der Waals surface area contributed by atoms with Crippen molar-refractivity contribution < 1.29 is 19.1 Å². The number of nitrogens with zero attached hydrogens (tertiary/aromatic N) is 3. The first-order valence-corrected chi connectivity index (χ1v) is 8.90. The number of esters is 1. The zero-order valence-corrected chi connectivity index (χ0v) is 15.2. The van der Waals surface area contributed by atoms with Gasteiger partial charge < -0.3 is 9.64 Å². The summed E-state index contributed by atoms with van der Waals surface area (Å²) < 4.78 is 5.14. The van der Waals surface area contributed by atoms with Crippen LogP contribution in [0.25, 0.3) is 0 Å². The first kappa shape index (κ1) is 19.1. The van der Waals surface area contributed by atoms with Crippen LogP contribution in [0.5, 0.6) is 0 Å². The number of anilines is 2. The number of rotatable bonds is 6. The van der Waals surface area contributed by atoms with Gasteiger partial charge in [-0.25, -0.2) is 4.79 Å². The van der Waals surface area contributed by atoms with Gasteiger partial charge in [0.2, 0.25) is 5.91 Å². The van der Waals surface area contributed by atoms with Gasteiger partial charge in [-0.05, 0) is 36.8 Å². The number of carbonyl (C=O) groups is 3. The molecule has 0 bridgehead atoms. The average molecular weight is 377 g/mol. The van der Waals surface area contributed by atoms with Crippen molar-refractivity contribution in [3.63, 3.8) is 0 Å². The van der Waals surface area contributed by atoms with Crippen molar-refractivity contribution in [3.05, 3.63) is 60.2 Å². The molecule has 7 heteroatoms. The Kier molecular flexibility index (Phi) is 6.02. The second-order valence-corrected chi connectivity index (χ2v) is 6.25. The minimum Gasteiger partial charge on any atom is -0.452 e. The van der Waals surface area contributed by atoms with E-state index in [0.717, 1.165) is 6.42 Å². The maximum Gasteiger partial charge on any atom is 0.338 e. The Morgan fingerprint density at radius 3 is 2.61 bits per heavy atom. The van der Waals surface area contributed by atoms with E-state index in [-0.39, 0.29) is 18.0 Å². The summed E-state index contributed by atoms with van der Waals surface area (Å²) in [5, 5.41) is 8.97. The molecule has 1 aliphatic heterocycles. The van der Waals surface area contributed by atoms with Crippen molar-refractivity contribution in [2.75, 3.05) is 29.5 Å². The molecular formula is C21H19N3O4. The first-order chi connectivity index (χ1) is 13.6. The van der Waals surface area contributed by atoms with Gasteiger partial charge in [-0.1, -0.05) is 24.3 Å². The standard InChI is InChI=1S/C21H19N3O4/c22-11-13-24(17-7-2-1-3-8-17)20(26)15-28-21(27)16-6-4-9-18(14-16)23-12-5-10-19(23)25/h1-4,6-9,14H,5,10,12-13,15H2. The number of hydrogen-bond donors (Lipinski definition) is 0. The summed E-state index contributed by atoms with van der Waals surface area (Å²) in [7, 11) is 0. The van der Waals surface area contributed by atoms with E-state index in [4.69, 9.17) is 10.00 Å². The molecule has 2 amide bonds. The summed E-state index contributed by atoms with van der Waals surface area (Å²) in [5.74, 6) is -1.13. The van der Waals surface area contributed by atoms with E-state index in [1.807, 2.05) is 6.07 Å². The number of nitriles is 1. The lowest BCUT2D eigenvalue weighted by Gasteiger charge is -2.19. The number of ether oxygens (including phenoxy) is 1. The van der Waals surface area contributed by atoms with Crippen LogP contribution in [0.1, 0.15) is 23.2 Å². The molecule has 0 aromatic heterocycles. The maximum atomic E-state index is 12.4. The van der Waals surface area contributed by atoms with Gasteiger partial charge in [-0.15, -0.1) is 0 Å². The van der Waals surface area contributed by atoms with E-state index in [1.165, 1.54) is 4.90 Å². The molecule has 0 N–H and O–H groups in total. The molecule has 1 fully saturated rings. The Hall–Kier alpha value is -3.66. The Balaban J connectivity index is 1.65. The Bertz CT molecular complexity index is 921. The first-order valence-electron chi connectivity index (χ1n) is 8.90. The van der Waals surface area contributed by atoms with Gasteiger partial charge in [-0.3, -0.25) is 14.5 Å². The number of hydrogen-bond acceptors (Lipinski definition) is 5. The average Bonchev–Trinajstić information content (AvgIpc) is 3.16. The highest BCUT2D eigenvalue weighted by Gasteiger charge is 2.23. The van der Waals surface area contributed by atoms with Crippen LogP contribution in [0.15, 0.2) is 54.6 Å². The third-order valence-electron chi connectivity index (χ3n) is 4.39. The van der Waals surface area contributed by atoms with E-state index in [9.17, 15) is 14.4 Å². The highest BCUT2D eigenvalue weighted by molar-refractivity contribution is 5.99. The predicted molar refractivity (Wildman–Crippen MR) is 103 cm³/mol. The molecule has 0 atom stereocenters. The van der Waals surface area contributed by atoms with Gasteiger partial charge in [0.25, 0.3) is 5.91 Å². The second-order valence-electron chi connectivity index (χ2n) is 6.25. The highest BCUT2D eigenvalue weighted by Crippen LogP contribution is 2.22. The van der Waals surface area contributed by atoms with E-state index >= 15 is 0 Å². The number of carbonyl (C=O) groups excluding carboxylic acids is 3. The SMILES string of the molecule is N#CCN(C(=O)COC(=O)c1cccc(N2CCCC2=O)c1)c1ccccc1. The van der Waals surface area contributed by atoms with Crippen LogP contribution in [0.4, 0.5) is 11.4 Å². The van der Waals surface area contributed by atoms with Crippen LogP contribution in [-0.4, -0.2) is 37.5 Å². The summed E-state index contributed by atoms with van der Waals surface area (Å²) in [6, 6.07) is 17.2. The van der Waals surface area contributed by atoms with E-state index in [1.54, 1.807) is 59.5 Å². The molecule has 0 radical (unpaired) electrons. The third kappa shape index (κ3) is 4.35. The van der Waals surface area contributed by atoms with Crippen molar-refractivity contribution in [3.8, 4) is 6.07 Å². The zero-order chi connectivity index (χ0) is 19.9. The van der Waals surface area contributed by atoms with Crippen LogP contribution >= 0.6 is 0 Å². The van der Waals surface area contributed by atoms with E-state index in [2.05, 4.69) is 0 Å². The number of benzene rings is 2. The zero-order valence-electron chi connectivity index (χ0n) is 15.2. The maximum absolute atomic E-state index is 12.4. The smallest absolute Gasteiger partial charge is 0.338 e. The molecule has 1 heterocycles. The van der Waals surface area contributed by atoms with Crippen molar-refractivity contribution in [2.24, 2.45) is 0 Å². The molecule has 142 valence electrons. The molecular weight excluding hydrogens is 358 g/mol. The van der Waals surface area contributed by atoms with Crippen LogP contribution in [0, 0.1) is 11.3 Å².